The van der Waals surface area contributed by atoms with Crippen molar-refractivity contribution in [1.82, 2.24) is 10.3 Å². The number of thiazole rings is 1. The first-order valence-corrected chi connectivity index (χ1v) is 10.0. The van der Waals surface area contributed by atoms with Gasteiger partial charge < -0.3 is 10.1 Å². The van der Waals surface area contributed by atoms with Gasteiger partial charge >= 0.3 is 0 Å². The molecule has 0 aliphatic carbocycles. The Kier molecular flexibility index (Phi) is 5.35. The Morgan fingerprint density at radius 2 is 1.93 bits per heavy atom. The Labute approximate surface area is 167 Å². The average molecular weight is 388 g/mol. The minimum Gasteiger partial charge on any atom is -0.487 e. The maximum Gasteiger partial charge on any atom is 0.251 e. The normalized spacial score (nSPS) is 11.9. The molecule has 5 heteroatoms. The number of nitrogens with one attached hydrogen (secondary N) is 1. The van der Waals surface area contributed by atoms with E-state index in [2.05, 4.69) is 34.6 Å². The molecule has 0 aliphatic heterocycles. The van der Waals surface area contributed by atoms with Crippen molar-refractivity contribution in [3.63, 3.8) is 0 Å². The first-order valence-electron chi connectivity index (χ1n) is 9.09. The summed E-state index contributed by atoms with van der Waals surface area (Å²) >= 11 is 1.53. The molecule has 4 aromatic rings. The second kappa shape index (κ2) is 8.23. The van der Waals surface area contributed by atoms with Crippen LogP contribution in [-0.2, 0) is 6.61 Å². The predicted molar refractivity (Wildman–Crippen MR) is 113 cm³/mol. The van der Waals surface area contributed by atoms with Gasteiger partial charge in [-0.05, 0) is 41.5 Å². The maximum atomic E-state index is 12.8. The molecular formula is C23H20N2O2S. The Bertz CT molecular complexity index is 1090. The molecule has 0 radical (unpaired) electrons. The molecule has 4 rings (SSSR count). The third-order valence-electron chi connectivity index (χ3n) is 4.60. The number of carbonyl (C=O) groups excluding carboxylic acids is 1. The van der Waals surface area contributed by atoms with Gasteiger partial charge in [-0.1, -0.05) is 48.5 Å². The maximum absolute atomic E-state index is 12.8. The number of aromatic nitrogens is 1. The first kappa shape index (κ1) is 18.2. The van der Waals surface area contributed by atoms with Crippen LogP contribution in [0.25, 0.3) is 10.8 Å². The largest absolute Gasteiger partial charge is 0.487 e. The lowest BCUT2D eigenvalue weighted by molar-refractivity contribution is 0.0939. The van der Waals surface area contributed by atoms with Crippen LogP contribution in [0.15, 0.2) is 77.6 Å². The van der Waals surface area contributed by atoms with Gasteiger partial charge in [0.25, 0.3) is 5.91 Å². The van der Waals surface area contributed by atoms with Crippen LogP contribution in [0.4, 0.5) is 0 Å². The highest BCUT2D eigenvalue weighted by atomic mass is 32.1. The molecule has 1 N–H and O–H groups in total. The molecule has 1 atom stereocenters. The smallest absolute Gasteiger partial charge is 0.251 e. The molecule has 28 heavy (non-hydrogen) atoms. The molecule has 0 unspecified atom stereocenters. The van der Waals surface area contributed by atoms with Crippen molar-refractivity contribution in [2.45, 2.75) is 19.6 Å². The Morgan fingerprint density at radius 3 is 2.79 bits per heavy atom. The molecule has 0 aliphatic rings. The number of benzene rings is 3. The second-order valence-electron chi connectivity index (χ2n) is 6.56. The molecule has 0 fully saturated rings. The van der Waals surface area contributed by atoms with Gasteiger partial charge in [-0.25, -0.2) is 4.98 Å². The highest BCUT2D eigenvalue weighted by Gasteiger charge is 2.14. The molecule has 0 saturated carbocycles. The van der Waals surface area contributed by atoms with Crippen LogP contribution >= 0.6 is 11.3 Å². The molecule has 0 spiro atoms. The van der Waals surface area contributed by atoms with Crippen LogP contribution < -0.4 is 10.1 Å². The first-order chi connectivity index (χ1) is 13.7. The number of hydrogen-bond acceptors (Lipinski definition) is 4. The van der Waals surface area contributed by atoms with E-state index in [-0.39, 0.29) is 11.9 Å². The minimum atomic E-state index is -0.125. The number of ether oxygens (including phenoxy) is 1. The number of rotatable bonds is 6. The number of amides is 1. The van der Waals surface area contributed by atoms with Gasteiger partial charge in [0.2, 0.25) is 0 Å². The number of nitrogens with zero attached hydrogens (tertiary/aromatic N) is 1. The molecule has 1 aromatic heterocycles. The summed E-state index contributed by atoms with van der Waals surface area (Å²) in [6.45, 7) is 2.39. The summed E-state index contributed by atoms with van der Waals surface area (Å²) in [5, 5.41) is 7.36. The van der Waals surface area contributed by atoms with Crippen molar-refractivity contribution in [2.24, 2.45) is 0 Å². The van der Waals surface area contributed by atoms with Gasteiger partial charge in [-0.15, -0.1) is 11.3 Å². The number of hydrogen-bond donors (Lipinski definition) is 1. The fourth-order valence-electron chi connectivity index (χ4n) is 3.18. The summed E-state index contributed by atoms with van der Waals surface area (Å²) in [6.07, 6.45) is 0. The van der Waals surface area contributed by atoms with Crippen LogP contribution in [0, 0.1) is 0 Å². The molecule has 0 bridgehead atoms. The Morgan fingerprint density at radius 1 is 1.11 bits per heavy atom. The van der Waals surface area contributed by atoms with Crippen LogP contribution in [0.2, 0.25) is 0 Å². The van der Waals surface area contributed by atoms with Gasteiger partial charge in [0.15, 0.2) is 0 Å². The summed E-state index contributed by atoms with van der Waals surface area (Å²) in [5.74, 6) is 0.526. The van der Waals surface area contributed by atoms with E-state index in [1.807, 2.05) is 42.6 Å². The van der Waals surface area contributed by atoms with Crippen molar-refractivity contribution < 1.29 is 9.53 Å². The van der Waals surface area contributed by atoms with E-state index >= 15 is 0 Å². The zero-order valence-corrected chi connectivity index (χ0v) is 16.3. The topological polar surface area (TPSA) is 51.2 Å². The molecule has 1 amide bonds. The van der Waals surface area contributed by atoms with E-state index in [0.717, 1.165) is 16.6 Å². The quantitative estimate of drug-likeness (QED) is 0.483. The third-order valence-corrected chi connectivity index (χ3v) is 5.24. The van der Waals surface area contributed by atoms with Crippen molar-refractivity contribution in [3.8, 4) is 5.75 Å². The lowest BCUT2D eigenvalue weighted by Gasteiger charge is -2.17. The van der Waals surface area contributed by atoms with E-state index in [9.17, 15) is 4.79 Å². The fraction of sp³-hybridized carbons (Fsp3) is 0.130. The number of fused-ring (bicyclic) bond motifs is 1. The highest BCUT2D eigenvalue weighted by molar-refractivity contribution is 7.07. The van der Waals surface area contributed by atoms with Crippen LogP contribution in [0.5, 0.6) is 5.75 Å². The van der Waals surface area contributed by atoms with E-state index in [4.69, 9.17) is 4.74 Å². The zero-order chi connectivity index (χ0) is 19.3. The van der Waals surface area contributed by atoms with Crippen molar-refractivity contribution in [1.29, 1.82) is 0 Å². The van der Waals surface area contributed by atoms with Crippen molar-refractivity contribution in [3.05, 3.63) is 94.4 Å². The van der Waals surface area contributed by atoms with Gasteiger partial charge in [0, 0.05) is 10.9 Å². The summed E-state index contributed by atoms with van der Waals surface area (Å²) in [5.41, 5.74) is 4.33. The molecule has 140 valence electrons. The highest BCUT2D eigenvalue weighted by Crippen LogP contribution is 2.24. The van der Waals surface area contributed by atoms with Gasteiger partial charge in [-0.3, -0.25) is 4.79 Å². The van der Waals surface area contributed by atoms with E-state index in [1.54, 1.807) is 17.6 Å². The molecular weight excluding hydrogens is 368 g/mol. The summed E-state index contributed by atoms with van der Waals surface area (Å²) in [4.78, 5) is 17.0. The molecule has 0 saturated heterocycles. The Hall–Kier alpha value is -3.18. The molecule has 1 heterocycles. The molecule has 4 nitrogen and oxygen atoms in total. The fourth-order valence-corrected chi connectivity index (χ4v) is 3.72. The van der Waals surface area contributed by atoms with Crippen LogP contribution in [0.1, 0.15) is 34.6 Å². The Balaban J connectivity index is 1.47. The van der Waals surface area contributed by atoms with Crippen molar-refractivity contribution in [2.75, 3.05) is 0 Å². The SMILES string of the molecule is C[C@@H](NC(=O)c1cccc(OCc2cscn2)c1)c1cccc2ccccc12. The zero-order valence-electron chi connectivity index (χ0n) is 15.5. The lowest BCUT2D eigenvalue weighted by Crippen LogP contribution is -2.26. The third kappa shape index (κ3) is 4.05. The van der Waals surface area contributed by atoms with Crippen LogP contribution in [-0.4, -0.2) is 10.9 Å². The van der Waals surface area contributed by atoms with Crippen molar-refractivity contribution >= 4 is 28.0 Å². The van der Waals surface area contributed by atoms with E-state index in [0.29, 0.717) is 17.9 Å². The van der Waals surface area contributed by atoms with Gasteiger partial charge in [0.05, 0.1) is 17.2 Å². The minimum absolute atomic E-state index is 0.113. The van der Waals surface area contributed by atoms with Gasteiger partial charge in [0.1, 0.15) is 12.4 Å². The standard InChI is InChI=1S/C23H20N2O2S/c1-16(21-11-5-7-17-6-2-3-10-22(17)21)25-23(26)18-8-4-9-20(12-18)27-13-19-14-28-15-24-19/h2-12,14-16H,13H2,1H3,(H,25,26)/t16-/m1/s1. The van der Waals surface area contributed by atoms with E-state index < -0.39 is 0 Å². The monoisotopic (exact) mass is 388 g/mol. The van der Waals surface area contributed by atoms with Crippen LogP contribution in [0.3, 0.4) is 0 Å². The summed E-state index contributed by atoms with van der Waals surface area (Å²) < 4.78 is 5.75. The molecule has 3 aromatic carbocycles. The second-order valence-corrected chi connectivity index (χ2v) is 7.28. The van der Waals surface area contributed by atoms with Gasteiger partial charge in [-0.2, -0.15) is 0 Å². The summed E-state index contributed by atoms with van der Waals surface area (Å²) in [7, 11) is 0. The lowest BCUT2D eigenvalue weighted by atomic mass is 9.99. The van der Waals surface area contributed by atoms with E-state index in [1.165, 1.54) is 16.7 Å². The number of carbonyl (C=O) groups is 1. The average Bonchev–Trinajstić information content (AvgIpc) is 3.25. The predicted octanol–water partition coefficient (Wildman–Crippen LogP) is 5.37. The summed E-state index contributed by atoms with van der Waals surface area (Å²) in [6, 6.07) is 21.5.